The molecular formula is C28H22F3N3O2S2. The summed E-state index contributed by atoms with van der Waals surface area (Å²) in [6.45, 7) is 5.98. The van der Waals surface area contributed by atoms with Gasteiger partial charge in [-0.1, -0.05) is 51.1 Å². The first-order valence-electron chi connectivity index (χ1n) is 11.6. The number of rotatable bonds is 5. The predicted molar refractivity (Wildman–Crippen MR) is 144 cm³/mol. The zero-order valence-electron chi connectivity index (χ0n) is 20.6. The molecule has 0 bridgehead atoms. The first-order valence-corrected chi connectivity index (χ1v) is 13.9. The third-order valence-electron chi connectivity index (χ3n) is 5.85. The lowest BCUT2D eigenvalue weighted by molar-refractivity contribution is 0.521. The van der Waals surface area contributed by atoms with E-state index in [1.807, 2.05) is 55.8 Å². The Hall–Kier alpha value is -3.76. The van der Waals surface area contributed by atoms with Gasteiger partial charge in [0.05, 0.1) is 26.8 Å². The van der Waals surface area contributed by atoms with Gasteiger partial charge in [-0.25, -0.2) is 26.6 Å². The molecule has 1 N–H and O–H groups in total. The molecule has 5 rings (SSSR count). The van der Waals surface area contributed by atoms with Crippen molar-refractivity contribution in [3.8, 4) is 21.7 Å². The van der Waals surface area contributed by atoms with Gasteiger partial charge >= 0.3 is 0 Å². The van der Waals surface area contributed by atoms with E-state index in [0.717, 1.165) is 39.7 Å². The molecule has 38 heavy (non-hydrogen) atoms. The molecule has 194 valence electrons. The largest absolute Gasteiger partial charge is 0.276 e. The highest BCUT2D eigenvalue weighted by atomic mass is 32.2. The Balaban J connectivity index is 1.68. The number of anilines is 1. The van der Waals surface area contributed by atoms with Crippen LogP contribution in [0.1, 0.15) is 25.8 Å². The molecule has 0 aliphatic heterocycles. The number of hydrogen-bond acceptors (Lipinski definition) is 5. The summed E-state index contributed by atoms with van der Waals surface area (Å²) in [5.74, 6) is -3.48. The third kappa shape index (κ3) is 4.65. The Labute approximate surface area is 222 Å². The van der Waals surface area contributed by atoms with Crippen molar-refractivity contribution in [2.45, 2.75) is 31.1 Å². The summed E-state index contributed by atoms with van der Waals surface area (Å²) in [6, 6.07) is 16.2. The quantitative estimate of drug-likeness (QED) is 0.244. The molecule has 0 atom stereocenters. The van der Waals surface area contributed by atoms with Crippen molar-refractivity contribution >= 4 is 38.0 Å². The average Bonchev–Trinajstić information content (AvgIpc) is 3.30. The van der Waals surface area contributed by atoms with Crippen LogP contribution in [0, 0.1) is 17.5 Å². The van der Waals surface area contributed by atoms with Crippen LogP contribution in [0.25, 0.3) is 32.6 Å². The van der Waals surface area contributed by atoms with Gasteiger partial charge in [0.1, 0.15) is 11.6 Å². The first-order chi connectivity index (χ1) is 18.0. The molecule has 0 aliphatic carbocycles. The van der Waals surface area contributed by atoms with Gasteiger partial charge in [-0.2, -0.15) is 0 Å². The van der Waals surface area contributed by atoms with Gasteiger partial charge in [0.25, 0.3) is 10.0 Å². The highest BCUT2D eigenvalue weighted by Crippen LogP contribution is 2.44. The molecule has 0 fully saturated rings. The maximum atomic E-state index is 16.0. The Morgan fingerprint density at radius 2 is 1.53 bits per heavy atom. The number of para-hydroxylation sites is 1. The third-order valence-corrected chi connectivity index (χ3v) is 8.78. The van der Waals surface area contributed by atoms with E-state index < -0.39 is 38.1 Å². The Morgan fingerprint density at radius 3 is 2.24 bits per heavy atom. The molecule has 10 heteroatoms. The molecule has 2 aromatic heterocycles. The predicted octanol–water partition coefficient (Wildman–Crippen LogP) is 7.54. The maximum Gasteiger partial charge on any atom is 0.267 e. The number of halogens is 3. The van der Waals surface area contributed by atoms with Crippen molar-refractivity contribution in [2.24, 2.45) is 0 Å². The molecule has 0 unspecified atom stereocenters. The lowest BCUT2D eigenvalue weighted by Gasteiger charge is -2.14. The van der Waals surface area contributed by atoms with Crippen LogP contribution in [0.4, 0.5) is 18.9 Å². The second kappa shape index (κ2) is 9.52. The number of aromatic nitrogens is 2. The van der Waals surface area contributed by atoms with E-state index in [4.69, 9.17) is 4.98 Å². The summed E-state index contributed by atoms with van der Waals surface area (Å²) in [5.41, 5.74) is 1.13. The minimum atomic E-state index is -4.77. The van der Waals surface area contributed by atoms with Crippen LogP contribution in [-0.2, 0) is 15.4 Å². The van der Waals surface area contributed by atoms with Gasteiger partial charge in [0.2, 0.25) is 0 Å². The van der Waals surface area contributed by atoms with Crippen LogP contribution in [0.15, 0.2) is 77.8 Å². The Morgan fingerprint density at radius 1 is 0.842 bits per heavy atom. The number of benzene rings is 3. The first kappa shape index (κ1) is 25.9. The Bertz CT molecular complexity index is 1770. The second-order valence-corrected chi connectivity index (χ2v) is 12.3. The number of nitrogens with zero attached hydrogens (tertiary/aromatic N) is 2. The molecule has 0 spiro atoms. The summed E-state index contributed by atoms with van der Waals surface area (Å²) in [5, 5.41) is 1.61. The highest BCUT2D eigenvalue weighted by Gasteiger charge is 2.28. The van der Waals surface area contributed by atoms with Gasteiger partial charge in [0.15, 0.2) is 10.7 Å². The minimum absolute atomic E-state index is 0.0434. The summed E-state index contributed by atoms with van der Waals surface area (Å²) >= 11 is 1.41. The standard InChI is InChI=1S/C28H22F3N3O2S2/c1-28(2,3)27-33-24(25(37-27)17-14-15-32-21-12-5-4-8-16(17)21)18-9-6-13-22(23(18)31)34-38(35,36)26-19(29)10-7-11-20(26)30/h4-15,34H,1-3H3. The van der Waals surface area contributed by atoms with Crippen molar-refractivity contribution in [2.75, 3.05) is 4.72 Å². The molecule has 5 nitrogen and oxygen atoms in total. The lowest BCUT2D eigenvalue weighted by Crippen LogP contribution is -2.17. The topological polar surface area (TPSA) is 72.0 Å². The van der Waals surface area contributed by atoms with E-state index in [9.17, 15) is 17.2 Å². The van der Waals surface area contributed by atoms with Crippen molar-refractivity contribution in [1.29, 1.82) is 0 Å². The van der Waals surface area contributed by atoms with E-state index in [0.29, 0.717) is 10.6 Å². The maximum absolute atomic E-state index is 16.0. The smallest absolute Gasteiger partial charge is 0.267 e. The number of nitrogens with one attached hydrogen (secondary N) is 1. The fourth-order valence-electron chi connectivity index (χ4n) is 4.03. The summed E-state index contributed by atoms with van der Waals surface area (Å²) < 4.78 is 72.1. The summed E-state index contributed by atoms with van der Waals surface area (Å²) in [4.78, 5) is 8.70. The van der Waals surface area contributed by atoms with Gasteiger partial charge in [-0.05, 0) is 36.4 Å². The number of hydrogen-bond donors (Lipinski definition) is 1. The molecule has 0 radical (unpaired) electrons. The van der Waals surface area contributed by atoms with E-state index >= 15 is 4.39 Å². The van der Waals surface area contributed by atoms with E-state index in [1.165, 1.54) is 29.5 Å². The summed E-state index contributed by atoms with van der Waals surface area (Å²) in [7, 11) is -4.77. The van der Waals surface area contributed by atoms with Crippen molar-refractivity contribution < 1.29 is 21.6 Å². The average molecular weight is 554 g/mol. The molecule has 5 aromatic rings. The molecule has 0 saturated carbocycles. The number of thiazole rings is 1. The monoisotopic (exact) mass is 553 g/mol. The van der Waals surface area contributed by atoms with E-state index in [2.05, 4.69) is 4.98 Å². The number of sulfonamides is 1. The molecule has 0 amide bonds. The van der Waals surface area contributed by atoms with E-state index in [1.54, 1.807) is 6.20 Å². The van der Waals surface area contributed by atoms with Crippen molar-refractivity contribution in [3.05, 3.63) is 95.4 Å². The van der Waals surface area contributed by atoms with Crippen molar-refractivity contribution in [1.82, 2.24) is 9.97 Å². The number of fused-ring (bicyclic) bond motifs is 1. The van der Waals surface area contributed by atoms with Gasteiger partial charge in [-0.3, -0.25) is 9.71 Å². The zero-order chi connectivity index (χ0) is 27.2. The lowest BCUT2D eigenvalue weighted by atomic mass is 9.98. The van der Waals surface area contributed by atoms with Gasteiger partial charge in [0, 0.05) is 28.1 Å². The Kier molecular flexibility index (Phi) is 6.48. The minimum Gasteiger partial charge on any atom is -0.276 e. The molecular weight excluding hydrogens is 531 g/mol. The van der Waals surface area contributed by atoms with Crippen LogP contribution >= 0.6 is 11.3 Å². The summed E-state index contributed by atoms with van der Waals surface area (Å²) in [6.07, 6.45) is 1.67. The molecule has 0 saturated heterocycles. The highest BCUT2D eigenvalue weighted by molar-refractivity contribution is 7.92. The fourth-order valence-corrected chi connectivity index (χ4v) is 6.40. The SMILES string of the molecule is CC(C)(C)c1nc(-c2cccc(NS(=O)(=O)c3c(F)cccc3F)c2F)c(-c2ccnc3ccccc23)s1. The molecule has 2 heterocycles. The number of pyridine rings is 1. The van der Waals surface area contributed by atoms with E-state index in [-0.39, 0.29) is 11.0 Å². The van der Waals surface area contributed by atoms with Crippen molar-refractivity contribution in [3.63, 3.8) is 0 Å². The normalized spacial score (nSPS) is 12.2. The van der Waals surface area contributed by atoms with Crippen LogP contribution in [0.3, 0.4) is 0 Å². The van der Waals surface area contributed by atoms with Crippen LogP contribution in [0.2, 0.25) is 0 Å². The van der Waals surface area contributed by atoms with Crippen LogP contribution in [0.5, 0.6) is 0 Å². The van der Waals surface area contributed by atoms with Gasteiger partial charge in [-0.15, -0.1) is 11.3 Å². The molecule has 3 aromatic carbocycles. The van der Waals surface area contributed by atoms with Crippen LogP contribution < -0.4 is 4.72 Å². The van der Waals surface area contributed by atoms with Crippen LogP contribution in [-0.4, -0.2) is 18.4 Å². The van der Waals surface area contributed by atoms with Gasteiger partial charge < -0.3 is 0 Å². The zero-order valence-corrected chi connectivity index (χ0v) is 22.2. The fraction of sp³-hybridized carbons (Fsp3) is 0.143. The second-order valence-electron chi connectivity index (χ2n) is 9.65. The molecule has 0 aliphatic rings.